The number of hydrogen-bond donors (Lipinski definition) is 1. The summed E-state index contributed by atoms with van der Waals surface area (Å²) in [6.45, 7) is 14.8. The summed E-state index contributed by atoms with van der Waals surface area (Å²) in [6, 6.07) is 0.200. The second kappa shape index (κ2) is 9.67. The summed E-state index contributed by atoms with van der Waals surface area (Å²) in [5.41, 5.74) is -0.650. The molecular weight excluding hydrogens is 408 g/mol. The van der Waals surface area contributed by atoms with Gasteiger partial charge in [0.1, 0.15) is 5.60 Å². The van der Waals surface area contributed by atoms with Crippen LogP contribution in [0.1, 0.15) is 78.9 Å². The highest BCUT2D eigenvalue weighted by atomic mass is 16.6. The molecule has 0 bridgehead atoms. The van der Waals surface area contributed by atoms with Crippen LogP contribution in [0.5, 0.6) is 0 Å². The number of aliphatic imine (C=N–C) groups is 1. The number of amides is 1. The Morgan fingerprint density at radius 3 is 2.34 bits per heavy atom. The van der Waals surface area contributed by atoms with Crippen LogP contribution in [-0.2, 0) is 16.7 Å². The van der Waals surface area contributed by atoms with Gasteiger partial charge in [0.15, 0.2) is 11.8 Å². The van der Waals surface area contributed by atoms with Crippen molar-refractivity contribution in [3.8, 4) is 0 Å². The van der Waals surface area contributed by atoms with E-state index in [-0.39, 0.29) is 17.6 Å². The van der Waals surface area contributed by atoms with E-state index in [0.29, 0.717) is 24.2 Å². The largest absolute Gasteiger partial charge is 0.444 e. The van der Waals surface area contributed by atoms with E-state index in [1.165, 1.54) is 12.8 Å². The molecule has 9 heteroatoms. The number of rotatable bonds is 5. The molecule has 0 unspecified atom stereocenters. The van der Waals surface area contributed by atoms with Crippen molar-refractivity contribution < 1.29 is 14.1 Å². The van der Waals surface area contributed by atoms with Gasteiger partial charge in [-0.2, -0.15) is 4.98 Å². The van der Waals surface area contributed by atoms with E-state index in [1.54, 1.807) is 7.05 Å². The Morgan fingerprint density at radius 2 is 1.84 bits per heavy atom. The van der Waals surface area contributed by atoms with Crippen molar-refractivity contribution >= 4 is 12.1 Å². The molecule has 0 spiro atoms. The van der Waals surface area contributed by atoms with Crippen LogP contribution in [0.4, 0.5) is 4.79 Å². The summed E-state index contributed by atoms with van der Waals surface area (Å²) in [6.07, 6.45) is 4.02. The molecule has 9 nitrogen and oxygen atoms in total. The minimum absolute atomic E-state index is 0.171. The normalized spacial score (nSPS) is 18.6. The Bertz CT molecular complexity index is 795. The molecule has 1 amide bonds. The lowest BCUT2D eigenvalue weighted by atomic mass is 9.97. The molecule has 2 fully saturated rings. The molecule has 180 valence electrons. The number of piperidine rings is 1. The lowest BCUT2D eigenvalue weighted by Gasteiger charge is -2.40. The standard InChI is InChI=1S/C23H40N6O3/c1-22(2,3)19-26-18(27-32-19)14-25-20(24-7)28-12-10-17(11-13-28)29(15-16-8-9-16)21(30)31-23(4,5)6/h16-17H,8-15H2,1-7H3,(H,24,25). The first-order valence-electron chi connectivity index (χ1n) is 11.7. The second-order valence-electron chi connectivity index (χ2n) is 11.0. The summed E-state index contributed by atoms with van der Waals surface area (Å²) in [7, 11) is 1.78. The number of aromatic nitrogens is 2. The average Bonchev–Trinajstić information content (AvgIpc) is 3.39. The van der Waals surface area contributed by atoms with E-state index in [2.05, 4.69) is 25.3 Å². The van der Waals surface area contributed by atoms with E-state index in [4.69, 9.17) is 9.26 Å². The molecule has 0 atom stereocenters. The fourth-order valence-electron chi connectivity index (χ4n) is 3.78. The molecule has 0 aromatic carbocycles. The van der Waals surface area contributed by atoms with Gasteiger partial charge in [-0.3, -0.25) is 4.99 Å². The van der Waals surface area contributed by atoms with Gasteiger partial charge in [-0.1, -0.05) is 25.9 Å². The molecule has 3 rings (SSSR count). The van der Waals surface area contributed by atoms with Gasteiger partial charge in [0, 0.05) is 38.1 Å². The Kier molecular flexibility index (Phi) is 7.35. The highest BCUT2D eigenvalue weighted by Crippen LogP contribution is 2.32. The van der Waals surface area contributed by atoms with E-state index in [9.17, 15) is 4.79 Å². The molecule has 0 radical (unpaired) electrons. The zero-order valence-corrected chi connectivity index (χ0v) is 20.8. The van der Waals surface area contributed by atoms with Crippen LogP contribution in [0.2, 0.25) is 0 Å². The van der Waals surface area contributed by atoms with Crippen LogP contribution in [0.15, 0.2) is 9.52 Å². The quantitative estimate of drug-likeness (QED) is 0.543. The number of ether oxygens (including phenoxy) is 1. The molecule has 32 heavy (non-hydrogen) atoms. The molecule has 1 aliphatic carbocycles. The van der Waals surface area contributed by atoms with Crippen molar-refractivity contribution in [3.63, 3.8) is 0 Å². The Balaban J connectivity index is 1.54. The fourth-order valence-corrected chi connectivity index (χ4v) is 3.78. The number of guanidine groups is 1. The number of carbonyl (C=O) groups excluding carboxylic acids is 1. The molecule has 1 aromatic heterocycles. The molecule has 2 heterocycles. The highest BCUT2D eigenvalue weighted by molar-refractivity contribution is 5.80. The third-order valence-electron chi connectivity index (χ3n) is 5.71. The van der Waals surface area contributed by atoms with Gasteiger partial charge in [-0.05, 0) is 52.4 Å². The van der Waals surface area contributed by atoms with Gasteiger partial charge in [0.05, 0.1) is 6.54 Å². The summed E-state index contributed by atoms with van der Waals surface area (Å²) in [4.78, 5) is 26.0. The molecular formula is C23H40N6O3. The van der Waals surface area contributed by atoms with Crippen molar-refractivity contribution in [1.82, 2.24) is 25.3 Å². The van der Waals surface area contributed by atoms with E-state index < -0.39 is 5.60 Å². The average molecular weight is 449 g/mol. The lowest BCUT2D eigenvalue weighted by Crippen LogP contribution is -2.52. The summed E-state index contributed by atoms with van der Waals surface area (Å²) in [5, 5.41) is 7.42. The molecule has 1 saturated heterocycles. The first-order chi connectivity index (χ1) is 15.0. The van der Waals surface area contributed by atoms with Crippen LogP contribution < -0.4 is 5.32 Å². The third-order valence-corrected chi connectivity index (χ3v) is 5.71. The van der Waals surface area contributed by atoms with Crippen LogP contribution in [0.3, 0.4) is 0 Å². The molecule has 1 saturated carbocycles. The minimum atomic E-state index is -0.479. The first-order valence-corrected chi connectivity index (χ1v) is 11.7. The van der Waals surface area contributed by atoms with Gasteiger partial charge in [-0.25, -0.2) is 4.79 Å². The van der Waals surface area contributed by atoms with Gasteiger partial charge in [-0.15, -0.1) is 0 Å². The van der Waals surface area contributed by atoms with Crippen molar-refractivity contribution in [1.29, 1.82) is 0 Å². The zero-order chi connectivity index (χ0) is 23.5. The van der Waals surface area contributed by atoms with E-state index >= 15 is 0 Å². The summed E-state index contributed by atoms with van der Waals surface area (Å²) >= 11 is 0. The van der Waals surface area contributed by atoms with Crippen LogP contribution in [-0.4, -0.2) is 70.3 Å². The molecule has 1 aliphatic heterocycles. The summed E-state index contributed by atoms with van der Waals surface area (Å²) in [5.74, 6) is 2.69. The number of likely N-dealkylation sites (tertiary alicyclic amines) is 1. The Hall–Kier alpha value is -2.32. The minimum Gasteiger partial charge on any atom is -0.444 e. The van der Waals surface area contributed by atoms with Gasteiger partial charge in [0.2, 0.25) is 5.89 Å². The van der Waals surface area contributed by atoms with Crippen molar-refractivity contribution in [3.05, 3.63) is 11.7 Å². The maximum Gasteiger partial charge on any atom is 0.410 e. The highest BCUT2D eigenvalue weighted by Gasteiger charge is 2.35. The van der Waals surface area contributed by atoms with Crippen LogP contribution in [0, 0.1) is 5.92 Å². The molecule has 1 aromatic rings. The van der Waals surface area contributed by atoms with Gasteiger partial charge < -0.3 is 24.4 Å². The van der Waals surface area contributed by atoms with Crippen molar-refractivity contribution in [2.24, 2.45) is 10.9 Å². The fraction of sp³-hybridized carbons (Fsp3) is 0.826. The number of hydrogen-bond acceptors (Lipinski definition) is 6. The number of carbonyl (C=O) groups is 1. The predicted molar refractivity (Wildman–Crippen MR) is 123 cm³/mol. The van der Waals surface area contributed by atoms with E-state index in [0.717, 1.165) is 38.4 Å². The Morgan fingerprint density at radius 1 is 1.19 bits per heavy atom. The summed E-state index contributed by atoms with van der Waals surface area (Å²) < 4.78 is 11.1. The third kappa shape index (κ3) is 6.84. The van der Waals surface area contributed by atoms with Crippen molar-refractivity contribution in [2.75, 3.05) is 26.7 Å². The monoisotopic (exact) mass is 448 g/mol. The zero-order valence-electron chi connectivity index (χ0n) is 20.8. The van der Waals surface area contributed by atoms with Crippen LogP contribution in [0.25, 0.3) is 0 Å². The van der Waals surface area contributed by atoms with E-state index in [1.807, 2.05) is 46.4 Å². The van der Waals surface area contributed by atoms with Gasteiger partial charge in [0.25, 0.3) is 0 Å². The SMILES string of the molecule is CN=C(NCc1noc(C(C)(C)C)n1)N1CCC(N(CC2CC2)C(=O)OC(C)(C)C)CC1. The van der Waals surface area contributed by atoms with Crippen LogP contribution >= 0.6 is 0 Å². The smallest absolute Gasteiger partial charge is 0.410 e. The maximum absolute atomic E-state index is 12.9. The number of nitrogens with zero attached hydrogens (tertiary/aromatic N) is 5. The maximum atomic E-state index is 12.9. The molecule has 1 N–H and O–H groups in total. The predicted octanol–water partition coefficient (Wildman–Crippen LogP) is 3.55. The van der Waals surface area contributed by atoms with Gasteiger partial charge >= 0.3 is 6.09 Å². The Labute approximate surface area is 192 Å². The van der Waals surface area contributed by atoms with Crippen molar-refractivity contribution in [2.45, 2.75) is 90.8 Å². The lowest BCUT2D eigenvalue weighted by molar-refractivity contribution is 0.00928. The number of nitrogens with one attached hydrogen (secondary N) is 1. The second-order valence-corrected chi connectivity index (χ2v) is 11.0. The first kappa shape index (κ1) is 24.3. The molecule has 2 aliphatic rings. The topological polar surface area (TPSA) is 96.1 Å².